The van der Waals surface area contributed by atoms with E-state index in [0.29, 0.717) is 12.7 Å². The van der Waals surface area contributed by atoms with Crippen LogP contribution in [0.15, 0.2) is 30.3 Å². The van der Waals surface area contributed by atoms with Gasteiger partial charge in [-0.25, -0.2) is 4.79 Å². The number of carboxylic acids is 1. The summed E-state index contributed by atoms with van der Waals surface area (Å²) < 4.78 is 5.20. The summed E-state index contributed by atoms with van der Waals surface area (Å²) in [6, 6.07) is 6.09. The highest BCUT2D eigenvalue weighted by molar-refractivity contribution is 5.92. The SMILES string of the molecule is CC(C)C[C@H](NC(=O)OCc1ccccc1)C(=O)N[C@H](CCC(=O)O)C(=O)N[C@@H](C=O)CC(C)C. The molecule has 3 atom stereocenters. The molecule has 3 amide bonds. The molecule has 0 saturated heterocycles. The highest BCUT2D eigenvalue weighted by Gasteiger charge is 2.29. The Morgan fingerprint density at radius 2 is 1.49 bits per heavy atom. The molecular weight excluding hydrogens is 454 g/mol. The number of alkyl carbamates (subject to hydrolysis) is 1. The molecule has 4 N–H and O–H groups in total. The third kappa shape index (κ3) is 12.6. The Kier molecular flexibility index (Phi) is 13.1. The Hall–Kier alpha value is -3.43. The molecule has 0 unspecified atom stereocenters. The van der Waals surface area contributed by atoms with E-state index in [9.17, 15) is 24.0 Å². The number of benzene rings is 1. The fraction of sp³-hybridized carbons (Fsp3) is 0.560. The van der Waals surface area contributed by atoms with E-state index in [1.54, 1.807) is 12.1 Å². The summed E-state index contributed by atoms with van der Waals surface area (Å²) in [6.45, 7) is 7.55. The fourth-order valence-electron chi connectivity index (χ4n) is 3.36. The number of carbonyl (C=O) groups is 5. The molecule has 0 heterocycles. The van der Waals surface area contributed by atoms with E-state index in [1.807, 2.05) is 45.9 Å². The quantitative estimate of drug-likeness (QED) is 0.275. The van der Waals surface area contributed by atoms with E-state index in [4.69, 9.17) is 9.84 Å². The maximum Gasteiger partial charge on any atom is 0.408 e. The number of nitrogens with one attached hydrogen (secondary N) is 3. The molecule has 1 aromatic carbocycles. The molecule has 1 rings (SSSR count). The lowest BCUT2D eigenvalue weighted by molar-refractivity contribution is -0.138. The van der Waals surface area contributed by atoms with Crippen molar-refractivity contribution in [2.75, 3.05) is 0 Å². The largest absolute Gasteiger partial charge is 0.481 e. The predicted molar refractivity (Wildman–Crippen MR) is 129 cm³/mol. The number of hydrogen-bond acceptors (Lipinski definition) is 6. The molecule has 0 radical (unpaired) electrons. The minimum atomic E-state index is -1.19. The molecule has 0 aliphatic heterocycles. The zero-order valence-electron chi connectivity index (χ0n) is 20.8. The van der Waals surface area contributed by atoms with Gasteiger partial charge in [-0.15, -0.1) is 0 Å². The highest BCUT2D eigenvalue weighted by Crippen LogP contribution is 2.09. The number of carbonyl (C=O) groups excluding carboxylic acids is 4. The Bertz CT molecular complexity index is 843. The smallest absolute Gasteiger partial charge is 0.408 e. The average Bonchev–Trinajstić information content (AvgIpc) is 2.79. The minimum Gasteiger partial charge on any atom is -0.481 e. The number of hydrogen-bond donors (Lipinski definition) is 4. The lowest BCUT2D eigenvalue weighted by Crippen LogP contribution is -2.55. The van der Waals surface area contributed by atoms with Gasteiger partial charge in [-0.3, -0.25) is 14.4 Å². The van der Waals surface area contributed by atoms with Crippen molar-refractivity contribution in [1.82, 2.24) is 16.0 Å². The Labute approximate surface area is 206 Å². The van der Waals surface area contributed by atoms with Gasteiger partial charge in [-0.1, -0.05) is 58.0 Å². The van der Waals surface area contributed by atoms with Gasteiger partial charge in [0.15, 0.2) is 0 Å². The van der Waals surface area contributed by atoms with E-state index in [2.05, 4.69) is 16.0 Å². The second-order valence-electron chi connectivity index (χ2n) is 9.26. The zero-order valence-corrected chi connectivity index (χ0v) is 20.8. The fourth-order valence-corrected chi connectivity index (χ4v) is 3.36. The molecule has 0 saturated carbocycles. The topological polar surface area (TPSA) is 151 Å². The van der Waals surface area contributed by atoms with Crippen molar-refractivity contribution < 1.29 is 33.8 Å². The van der Waals surface area contributed by atoms with Crippen LogP contribution >= 0.6 is 0 Å². The molecule has 1 aromatic rings. The van der Waals surface area contributed by atoms with Gasteiger partial charge in [0.1, 0.15) is 25.0 Å². The molecule has 10 nitrogen and oxygen atoms in total. The van der Waals surface area contributed by atoms with Crippen LogP contribution in [0.3, 0.4) is 0 Å². The summed E-state index contributed by atoms with van der Waals surface area (Å²) in [7, 11) is 0. The summed E-state index contributed by atoms with van der Waals surface area (Å²) in [5.74, 6) is -2.27. The van der Waals surface area contributed by atoms with E-state index < -0.39 is 42.0 Å². The summed E-state index contributed by atoms with van der Waals surface area (Å²) in [5, 5.41) is 16.7. The first-order valence-corrected chi connectivity index (χ1v) is 11.8. The van der Waals surface area contributed by atoms with Crippen LogP contribution in [0.4, 0.5) is 4.79 Å². The molecule has 194 valence electrons. The van der Waals surface area contributed by atoms with E-state index in [-0.39, 0.29) is 37.7 Å². The maximum atomic E-state index is 13.0. The first kappa shape index (κ1) is 29.6. The van der Waals surface area contributed by atoms with Gasteiger partial charge in [-0.2, -0.15) is 0 Å². The molecule has 0 spiro atoms. The molecule has 10 heteroatoms. The van der Waals surface area contributed by atoms with Crippen LogP contribution in [-0.2, 0) is 30.5 Å². The lowest BCUT2D eigenvalue weighted by Gasteiger charge is -2.25. The van der Waals surface area contributed by atoms with Crippen LogP contribution in [0.5, 0.6) is 0 Å². The standard InChI is InChI=1S/C25H37N3O7/c1-16(2)12-19(14-29)26-23(32)20(10-11-22(30)31)27-24(33)21(13-17(3)4)28-25(34)35-15-18-8-6-5-7-9-18/h5-9,14,16-17,19-21H,10-13,15H2,1-4H3,(H,26,32)(H,27,33)(H,28,34)(H,30,31)/t19-,20-,21+/m1/s1. The van der Waals surface area contributed by atoms with Gasteiger partial charge >= 0.3 is 12.1 Å². The Morgan fingerprint density at radius 3 is 2.03 bits per heavy atom. The summed E-state index contributed by atoms with van der Waals surface area (Å²) in [4.78, 5) is 60.5. The maximum absolute atomic E-state index is 13.0. The number of carboxylic acid groups (broad SMARTS) is 1. The van der Waals surface area contributed by atoms with Gasteiger partial charge in [0.25, 0.3) is 0 Å². The molecule has 0 aliphatic carbocycles. The van der Waals surface area contributed by atoms with Gasteiger partial charge in [-0.05, 0) is 36.7 Å². The minimum absolute atomic E-state index is 0.0231. The van der Waals surface area contributed by atoms with Crippen molar-refractivity contribution in [2.24, 2.45) is 11.8 Å². The lowest BCUT2D eigenvalue weighted by atomic mass is 10.0. The summed E-state index contributed by atoms with van der Waals surface area (Å²) >= 11 is 0. The van der Waals surface area contributed by atoms with Crippen molar-refractivity contribution in [3.8, 4) is 0 Å². The van der Waals surface area contributed by atoms with Gasteiger partial charge in [0, 0.05) is 6.42 Å². The van der Waals surface area contributed by atoms with E-state index in [1.165, 1.54) is 0 Å². The molecule has 0 aliphatic rings. The van der Waals surface area contributed by atoms with Crippen molar-refractivity contribution >= 4 is 30.2 Å². The van der Waals surface area contributed by atoms with Crippen LogP contribution in [0, 0.1) is 11.8 Å². The second-order valence-corrected chi connectivity index (χ2v) is 9.26. The zero-order chi connectivity index (χ0) is 26.4. The number of ether oxygens (including phenoxy) is 1. The molecule has 0 aromatic heterocycles. The van der Waals surface area contributed by atoms with Crippen molar-refractivity contribution in [3.63, 3.8) is 0 Å². The van der Waals surface area contributed by atoms with Gasteiger partial charge < -0.3 is 30.6 Å². The average molecular weight is 492 g/mol. The third-order valence-corrected chi connectivity index (χ3v) is 5.03. The van der Waals surface area contributed by atoms with Crippen LogP contribution in [0.1, 0.15) is 58.9 Å². The molecular formula is C25H37N3O7. The predicted octanol–water partition coefficient (Wildman–Crippen LogP) is 2.41. The number of aliphatic carboxylic acids is 1. The first-order valence-electron chi connectivity index (χ1n) is 11.8. The van der Waals surface area contributed by atoms with E-state index >= 15 is 0 Å². The number of aldehydes is 1. The van der Waals surface area contributed by atoms with Crippen LogP contribution in [-0.4, -0.2) is 53.4 Å². The number of amides is 3. The van der Waals surface area contributed by atoms with Crippen molar-refractivity contribution in [1.29, 1.82) is 0 Å². The van der Waals surface area contributed by atoms with Gasteiger partial charge in [0.05, 0.1) is 6.04 Å². The summed E-state index contributed by atoms with van der Waals surface area (Å²) in [6.07, 6.45) is -0.0504. The Morgan fingerprint density at radius 1 is 0.886 bits per heavy atom. The van der Waals surface area contributed by atoms with E-state index in [0.717, 1.165) is 5.56 Å². The van der Waals surface area contributed by atoms with Gasteiger partial charge in [0.2, 0.25) is 11.8 Å². The van der Waals surface area contributed by atoms with Crippen LogP contribution in [0.2, 0.25) is 0 Å². The monoisotopic (exact) mass is 491 g/mol. The van der Waals surface area contributed by atoms with Crippen LogP contribution < -0.4 is 16.0 Å². The third-order valence-electron chi connectivity index (χ3n) is 5.03. The molecule has 0 fully saturated rings. The Balaban J connectivity index is 2.87. The molecule has 35 heavy (non-hydrogen) atoms. The molecule has 0 bridgehead atoms. The first-order chi connectivity index (χ1) is 16.5. The van der Waals surface area contributed by atoms with Crippen molar-refractivity contribution in [3.05, 3.63) is 35.9 Å². The number of rotatable bonds is 15. The summed E-state index contributed by atoms with van der Waals surface area (Å²) in [5.41, 5.74) is 0.782. The van der Waals surface area contributed by atoms with Crippen LogP contribution in [0.25, 0.3) is 0 Å². The second kappa shape index (κ2) is 15.5. The highest BCUT2D eigenvalue weighted by atomic mass is 16.5. The van der Waals surface area contributed by atoms with Crippen molar-refractivity contribution in [2.45, 2.75) is 78.1 Å². The normalized spacial score (nSPS) is 13.4.